The number of carboxylic acids is 1. The van der Waals surface area contributed by atoms with Gasteiger partial charge in [-0.15, -0.1) is 0 Å². The Morgan fingerprint density at radius 2 is 1.89 bits per heavy atom. The molecule has 3 aromatic carbocycles. The zero-order valence-corrected chi connectivity index (χ0v) is 28.0. The number of nitrogens with one attached hydrogen (secondary N) is 1. The number of hydrogen-bond donors (Lipinski definition) is 2. The van der Waals surface area contributed by atoms with Gasteiger partial charge in [0.1, 0.15) is 11.8 Å². The summed E-state index contributed by atoms with van der Waals surface area (Å²) in [5.41, 5.74) is 7.72. The first kappa shape index (κ1) is 33.8. The Hall–Kier alpha value is -4.57. The standard InChI is InChI=1S/C37H42N4O5S/c1-25-9-4-15-34(26(25)2)46-19-8-16-35(42)41-18-7-13-31-30(12-6-14-33(31)41)29-22-38-40(24-29)23-27-10-5-11-28(21-27)36(43)39-32(37(44)45)17-20-47-3/h4-6,9-12,14-15,21-22,24,32H,7-8,13,16-20,23H2,1-3H3,(H,39,43)(H,44,45)/t32-/m0/s1. The minimum Gasteiger partial charge on any atom is -0.493 e. The van der Waals surface area contributed by atoms with Crippen LogP contribution in [0.2, 0.25) is 0 Å². The molecule has 0 spiro atoms. The maximum absolute atomic E-state index is 13.4. The van der Waals surface area contributed by atoms with Crippen molar-refractivity contribution in [3.05, 3.63) is 101 Å². The summed E-state index contributed by atoms with van der Waals surface area (Å²) in [5.74, 6) is 0.163. The molecular formula is C37H42N4O5S. The van der Waals surface area contributed by atoms with Crippen LogP contribution in [0, 0.1) is 13.8 Å². The fourth-order valence-corrected chi connectivity index (χ4v) is 6.37. The Morgan fingerprint density at radius 3 is 2.70 bits per heavy atom. The summed E-state index contributed by atoms with van der Waals surface area (Å²) in [4.78, 5) is 39.7. The SMILES string of the molecule is CSCC[C@H](NC(=O)c1cccc(Cn2cc(-c3cccc4c3CCCN4C(=O)CCCOc3cccc(C)c3C)cn2)c1)C(=O)O. The second kappa shape index (κ2) is 15.8. The van der Waals surface area contributed by atoms with Crippen LogP contribution in [-0.2, 0) is 22.6 Å². The molecule has 0 bridgehead atoms. The van der Waals surface area contributed by atoms with E-state index in [1.165, 1.54) is 5.56 Å². The number of amides is 2. The zero-order chi connectivity index (χ0) is 33.3. The van der Waals surface area contributed by atoms with Crippen molar-refractivity contribution in [3.63, 3.8) is 0 Å². The van der Waals surface area contributed by atoms with E-state index in [2.05, 4.69) is 36.4 Å². The number of fused-ring (bicyclic) bond motifs is 1. The Labute approximate surface area is 280 Å². The van der Waals surface area contributed by atoms with E-state index >= 15 is 0 Å². The highest BCUT2D eigenvalue weighted by Gasteiger charge is 2.25. The van der Waals surface area contributed by atoms with Gasteiger partial charge in [-0.3, -0.25) is 14.3 Å². The monoisotopic (exact) mass is 654 g/mol. The second-order valence-electron chi connectivity index (χ2n) is 11.9. The topological polar surface area (TPSA) is 114 Å². The van der Waals surface area contributed by atoms with Gasteiger partial charge in [-0.1, -0.05) is 36.4 Å². The molecule has 4 aromatic rings. The number of ether oxygens (including phenoxy) is 1. The second-order valence-corrected chi connectivity index (χ2v) is 12.9. The van der Waals surface area contributed by atoms with Crippen molar-refractivity contribution in [2.24, 2.45) is 0 Å². The van der Waals surface area contributed by atoms with Crippen molar-refractivity contribution < 1.29 is 24.2 Å². The molecule has 1 aliphatic rings. The molecule has 1 aromatic heterocycles. The van der Waals surface area contributed by atoms with Crippen LogP contribution in [0.5, 0.6) is 5.75 Å². The molecule has 0 unspecified atom stereocenters. The third-order valence-corrected chi connectivity index (χ3v) is 9.24. The van der Waals surface area contributed by atoms with Crippen LogP contribution in [0.3, 0.4) is 0 Å². The molecule has 2 N–H and O–H groups in total. The van der Waals surface area contributed by atoms with Crippen LogP contribution in [-0.4, -0.2) is 63.9 Å². The fourth-order valence-electron chi connectivity index (χ4n) is 5.90. The van der Waals surface area contributed by atoms with Gasteiger partial charge in [-0.05, 0) is 104 Å². The molecule has 47 heavy (non-hydrogen) atoms. The van der Waals surface area contributed by atoms with Crippen molar-refractivity contribution in [3.8, 4) is 16.9 Å². The summed E-state index contributed by atoms with van der Waals surface area (Å²) in [6.07, 6.45) is 8.90. The van der Waals surface area contributed by atoms with E-state index in [9.17, 15) is 19.5 Å². The summed E-state index contributed by atoms with van der Waals surface area (Å²) in [7, 11) is 0. The number of anilines is 1. The highest BCUT2D eigenvalue weighted by Crippen LogP contribution is 2.36. The first-order valence-corrected chi connectivity index (χ1v) is 17.4. The number of nitrogens with zero attached hydrogens (tertiary/aromatic N) is 3. The van der Waals surface area contributed by atoms with Gasteiger partial charge >= 0.3 is 5.97 Å². The number of aliphatic carboxylic acids is 1. The molecule has 10 heteroatoms. The van der Waals surface area contributed by atoms with Gasteiger partial charge in [-0.2, -0.15) is 16.9 Å². The first-order valence-electron chi connectivity index (χ1n) is 16.0. The molecule has 1 atom stereocenters. The fraction of sp³-hybridized carbons (Fsp3) is 0.351. The quantitative estimate of drug-likeness (QED) is 0.154. The minimum absolute atomic E-state index is 0.103. The largest absolute Gasteiger partial charge is 0.493 e. The summed E-state index contributed by atoms with van der Waals surface area (Å²) >= 11 is 1.54. The number of aromatic nitrogens is 2. The molecule has 0 radical (unpaired) electrons. The van der Waals surface area contributed by atoms with Crippen LogP contribution in [0.15, 0.2) is 73.1 Å². The van der Waals surface area contributed by atoms with Gasteiger partial charge in [0.25, 0.3) is 5.91 Å². The number of benzene rings is 3. The van der Waals surface area contributed by atoms with Gasteiger partial charge in [0.05, 0.1) is 19.3 Å². The number of carbonyl (C=O) groups excluding carboxylic acids is 2. The Balaban J connectivity index is 1.23. The number of hydrogen-bond acceptors (Lipinski definition) is 6. The maximum atomic E-state index is 13.4. The van der Waals surface area contributed by atoms with Crippen molar-refractivity contribution in [2.75, 3.05) is 30.1 Å². The summed E-state index contributed by atoms with van der Waals surface area (Å²) in [6, 6.07) is 18.3. The van der Waals surface area contributed by atoms with Crippen LogP contribution in [0.4, 0.5) is 5.69 Å². The maximum Gasteiger partial charge on any atom is 0.326 e. The summed E-state index contributed by atoms with van der Waals surface area (Å²) in [5, 5.41) is 16.7. The summed E-state index contributed by atoms with van der Waals surface area (Å²) in [6.45, 7) is 5.75. The molecule has 0 fully saturated rings. The Kier molecular flexibility index (Phi) is 11.4. The van der Waals surface area contributed by atoms with Crippen molar-refractivity contribution in [1.29, 1.82) is 0 Å². The smallest absolute Gasteiger partial charge is 0.326 e. The van der Waals surface area contributed by atoms with E-state index in [1.54, 1.807) is 30.0 Å². The van der Waals surface area contributed by atoms with E-state index in [4.69, 9.17) is 4.74 Å². The van der Waals surface area contributed by atoms with Crippen LogP contribution in [0.1, 0.15) is 58.3 Å². The van der Waals surface area contributed by atoms with E-state index in [-0.39, 0.29) is 5.91 Å². The first-order chi connectivity index (χ1) is 22.7. The molecule has 2 heterocycles. The average molecular weight is 655 g/mol. The third kappa shape index (κ3) is 8.43. The predicted molar refractivity (Wildman–Crippen MR) is 186 cm³/mol. The van der Waals surface area contributed by atoms with Gasteiger partial charge in [0.15, 0.2) is 0 Å². The normalized spacial score (nSPS) is 13.1. The number of aryl methyl sites for hydroxylation is 1. The number of carboxylic acid groups (broad SMARTS) is 1. The molecular weight excluding hydrogens is 612 g/mol. The van der Waals surface area contributed by atoms with Gasteiger partial charge in [0.2, 0.25) is 5.91 Å². The number of carbonyl (C=O) groups is 3. The Bertz CT molecular complexity index is 1740. The molecule has 1 aliphatic heterocycles. The van der Waals surface area contributed by atoms with E-state index in [1.807, 2.05) is 58.6 Å². The lowest BCUT2D eigenvalue weighted by Gasteiger charge is -2.31. The van der Waals surface area contributed by atoms with Crippen LogP contribution in [0.25, 0.3) is 11.1 Å². The van der Waals surface area contributed by atoms with E-state index in [0.717, 1.165) is 52.1 Å². The average Bonchev–Trinajstić information content (AvgIpc) is 3.54. The van der Waals surface area contributed by atoms with Crippen molar-refractivity contribution in [2.45, 2.75) is 58.5 Å². The minimum atomic E-state index is -1.04. The number of thioether (sulfide) groups is 1. The van der Waals surface area contributed by atoms with Gasteiger partial charge in [-0.25, -0.2) is 4.79 Å². The molecule has 0 saturated carbocycles. The summed E-state index contributed by atoms with van der Waals surface area (Å²) < 4.78 is 7.80. The van der Waals surface area contributed by atoms with Gasteiger partial charge in [0, 0.05) is 36.0 Å². The molecule has 2 amide bonds. The number of rotatable bonds is 14. The lowest BCUT2D eigenvalue weighted by atomic mass is 9.93. The van der Waals surface area contributed by atoms with E-state index < -0.39 is 17.9 Å². The molecule has 5 rings (SSSR count). The Morgan fingerprint density at radius 1 is 1.09 bits per heavy atom. The van der Waals surface area contributed by atoms with Crippen molar-refractivity contribution in [1.82, 2.24) is 15.1 Å². The van der Waals surface area contributed by atoms with Crippen molar-refractivity contribution >= 4 is 35.2 Å². The zero-order valence-electron chi connectivity index (χ0n) is 27.2. The lowest BCUT2D eigenvalue weighted by Crippen LogP contribution is -2.41. The van der Waals surface area contributed by atoms with Crippen LogP contribution < -0.4 is 15.0 Å². The predicted octanol–water partition coefficient (Wildman–Crippen LogP) is 6.29. The highest BCUT2D eigenvalue weighted by molar-refractivity contribution is 7.98. The molecule has 246 valence electrons. The highest BCUT2D eigenvalue weighted by atomic mass is 32.2. The van der Waals surface area contributed by atoms with E-state index in [0.29, 0.717) is 50.3 Å². The van der Waals surface area contributed by atoms with Crippen LogP contribution >= 0.6 is 11.8 Å². The van der Waals surface area contributed by atoms with Gasteiger partial charge < -0.3 is 20.1 Å². The lowest BCUT2D eigenvalue weighted by molar-refractivity contribution is -0.139. The molecule has 0 aliphatic carbocycles. The molecule has 0 saturated heterocycles. The molecule has 9 nitrogen and oxygen atoms in total. The third-order valence-electron chi connectivity index (χ3n) is 8.59.